The molecule has 4 aromatic rings. The van der Waals surface area contributed by atoms with E-state index in [0.717, 1.165) is 18.4 Å². The summed E-state index contributed by atoms with van der Waals surface area (Å²) in [6, 6.07) is 8.21. The molecule has 0 bridgehead atoms. The first kappa shape index (κ1) is 15.7. The maximum Gasteiger partial charge on any atom is 0.240 e. The number of aromatic nitrogens is 5. The van der Waals surface area contributed by atoms with Crippen molar-refractivity contribution in [1.82, 2.24) is 24.3 Å². The number of hydrogen-bond donors (Lipinski definition) is 2. The fourth-order valence-electron chi connectivity index (χ4n) is 3.01. The average molecular weight is 362 g/mol. The summed E-state index contributed by atoms with van der Waals surface area (Å²) in [4.78, 5) is 17.2. The summed E-state index contributed by atoms with van der Waals surface area (Å²) in [5, 5.41) is 13.7. The molecule has 0 saturated heterocycles. The molecule has 0 radical (unpaired) electrons. The minimum absolute atomic E-state index is 0.151. The van der Waals surface area contributed by atoms with Gasteiger partial charge in [0.05, 0.1) is 23.8 Å². The summed E-state index contributed by atoms with van der Waals surface area (Å²) in [7, 11) is 0. The second-order valence-corrected chi connectivity index (χ2v) is 6.46. The van der Waals surface area contributed by atoms with Crippen molar-refractivity contribution in [3.63, 3.8) is 0 Å². The van der Waals surface area contributed by atoms with E-state index in [-0.39, 0.29) is 11.7 Å². The van der Waals surface area contributed by atoms with Gasteiger partial charge in [-0.05, 0) is 43.2 Å². The van der Waals surface area contributed by atoms with Gasteiger partial charge in [-0.3, -0.25) is 9.38 Å². The zero-order valence-corrected chi connectivity index (χ0v) is 14.2. The molecule has 134 valence electrons. The molecule has 8 heteroatoms. The predicted octanol–water partition coefficient (Wildman–Crippen LogP) is 3.27. The molecule has 1 saturated carbocycles. The number of anilines is 1. The van der Waals surface area contributed by atoms with Crippen molar-refractivity contribution in [3.05, 3.63) is 54.7 Å². The number of aromatic hydroxyl groups is 1. The fourth-order valence-corrected chi connectivity index (χ4v) is 3.01. The number of imidazole rings is 1. The van der Waals surface area contributed by atoms with Crippen molar-refractivity contribution < 1.29 is 9.50 Å². The van der Waals surface area contributed by atoms with E-state index in [2.05, 4.69) is 25.3 Å². The van der Waals surface area contributed by atoms with Gasteiger partial charge < -0.3 is 10.4 Å². The molecule has 0 aliphatic heterocycles. The van der Waals surface area contributed by atoms with Gasteiger partial charge in [0.25, 0.3) is 0 Å². The third-order valence-corrected chi connectivity index (χ3v) is 4.46. The molecule has 0 amide bonds. The molecule has 1 aliphatic carbocycles. The van der Waals surface area contributed by atoms with Gasteiger partial charge in [0.2, 0.25) is 11.8 Å². The Hall–Kier alpha value is -3.55. The molecule has 0 atom stereocenters. The highest BCUT2D eigenvalue weighted by molar-refractivity contribution is 5.73. The summed E-state index contributed by atoms with van der Waals surface area (Å²) in [5.74, 6) is 0.0448. The molecule has 1 fully saturated rings. The van der Waals surface area contributed by atoms with E-state index in [0.29, 0.717) is 34.7 Å². The molecule has 5 rings (SSSR count). The molecule has 1 aliphatic rings. The van der Waals surface area contributed by atoms with Crippen LogP contribution in [0.4, 0.5) is 10.3 Å². The highest BCUT2D eigenvalue weighted by Crippen LogP contribution is 2.33. The first-order valence-corrected chi connectivity index (χ1v) is 8.60. The van der Waals surface area contributed by atoms with E-state index in [4.69, 9.17) is 0 Å². The number of halogens is 1. The van der Waals surface area contributed by atoms with Crippen LogP contribution in [0.5, 0.6) is 5.88 Å². The highest BCUT2D eigenvalue weighted by atomic mass is 19.1. The van der Waals surface area contributed by atoms with Crippen LogP contribution in [0.25, 0.3) is 28.3 Å². The highest BCUT2D eigenvalue weighted by Gasteiger charge is 2.23. The van der Waals surface area contributed by atoms with Crippen LogP contribution in [0.1, 0.15) is 12.8 Å². The summed E-state index contributed by atoms with van der Waals surface area (Å²) in [5.41, 5.74) is 2.87. The van der Waals surface area contributed by atoms with E-state index in [1.54, 1.807) is 41.2 Å². The Morgan fingerprint density at radius 2 is 1.89 bits per heavy atom. The van der Waals surface area contributed by atoms with E-state index < -0.39 is 0 Å². The second-order valence-electron chi connectivity index (χ2n) is 6.46. The lowest BCUT2D eigenvalue weighted by atomic mass is 10.1. The van der Waals surface area contributed by atoms with Crippen LogP contribution in [0.15, 0.2) is 48.9 Å². The monoisotopic (exact) mass is 362 g/mol. The quantitative estimate of drug-likeness (QED) is 0.579. The van der Waals surface area contributed by atoms with E-state index in [9.17, 15) is 9.50 Å². The van der Waals surface area contributed by atoms with E-state index in [1.165, 1.54) is 12.1 Å². The van der Waals surface area contributed by atoms with Crippen molar-refractivity contribution in [2.24, 2.45) is 0 Å². The molecule has 0 unspecified atom stereocenters. The maximum absolute atomic E-state index is 13.3. The van der Waals surface area contributed by atoms with Gasteiger partial charge in [0.1, 0.15) is 11.5 Å². The largest absolute Gasteiger partial charge is 0.492 e. The van der Waals surface area contributed by atoms with Gasteiger partial charge in [0, 0.05) is 17.8 Å². The van der Waals surface area contributed by atoms with Crippen molar-refractivity contribution in [2.75, 3.05) is 5.32 Å². The Kier molecular flexibility index (Phi) is 3.49. The normalized spacial score (nSPS) is 13.8. The Morgan fingerprint density at radius 3 is 2.67 bits per heavy atom. The standard InChI is InChI=1S/C19H15FN6O/c20-12-3-1-11(2-4-12)15-9-21-10-16-25-18(27)17(26(15)16)14-7-8-22-19(24-14)23-13-5-6-13/h1-4,7-10,13,27H,5-6H2,(H,22,23,24). The number of fused-ring (bicyclic) bond motifs is 1. The van der Waals surface area contributed by atoms with Crippen LogP contribution in [0.3, 0.4) is 0 Å². The molecule has 27 heavy (non-hydrogen) atoms. The summed E-state index contributed by atoms with van der Waals surface area (Å²) in [6.45, 7) is 0. The number of rotatable bonds is 4. The third kappa shape index (κ3) is 2.84. The molecular weight excluding hydrogens is 347 g/mol. The minimum Gasteiger partial charge on any atom is -0.492 e. The van der Waals surface area contributed by atoms with Crippen molar-refractivity contribution in [2.45, 2.75) is 18.9 Å². The van der Waals surface area contributed by atoms with Gasteiger partial charge in [-0.2, -0.15) is 4.98 Å². The lowest BCUT2D eigenvalue weighted by Gasteiger charge is -2.09. The molecule has 2 N–H and O–H groups in total. The summed E-state index contributed by atoms with van der Waals surface area (Å²) >= 11 is 0. The number of benzene rings is 1. The zero-order chi connectivity index (χ0) is 18.4. The topological polar surface area (TPSA) is 88.2 Å². The number of nitrogens with one attached hydrogen (secondary N) is 1. The first-order chi connectivity index (χ1) is 13.2. The molecule has 3 aromatic heterocycles. The molecule has 0 spiro atoms. The van der Waals surface area contributed by atoms with Crippen molar-refractivity contribution in [3.8, 4) is 28.5 Å². The van der Waals surface area contributed by atoms with Gasteiger partial charge in [-0.25, -0.2) is 14.4 Å². The van der Waals surface area contributed by atoms with Gasteiger partial charge in [0.15, 0.2) is 5.65 Å². The predicted molar refractivity (Wildman–Crippen MR) is 97.7 cm³/mol. The smallest absolute Gasteiger partial charge is 0.240 e. The van der Waals surface area contributed by atoms with E-state index in [1.807, 2.05) is 0 Å². The second kappa shape index (κ2) is 6.01. The minimum atomic E-state index is -0.320. The van der Waals surface area contributed by atoms with Crippen LogP contribution in [-0.4, -0.2) is 35.5 Å². The molecule has 7 nitrogen and oxygen atoms in total. The van der Waals surface area contributed by atoms with Crippen molar-refractivity contribution in [1.29, 1.82) is 0 Å². The molecular formula is C19H15FN6O. The fraction of sp³-hybridized carbons (Fsp3) is 0.158. The van der Waals surface area contributed by atoms with Gasteiger partial charge in [-0.15, -0.1) is 0 Å². The number of nitrogens with zero attached hydrogens (tertiary/aromatic N) is 5. The van der Waals surface area contributed by atoms with Gasteiger partial charge >= 0.3 is 0 Å². The Morgan fingerprint density at radius 1 is 1.07 bits per heavy atom. The van der Waals surface area contributed by atoms with E-state index >= 15 is 0 Å². The lowest BCUT2D eigenvalue weighted by molar-refractivity contribution is 0.459. The van der Waals surface area contributed by atoms with Gasteiger partial charge in [-0.1, -0.05) is 0 Å². The van der Waals surface area contributed by atoms with Crippen LogP contribution in [-0.2, 0) is 0 Å². The van der Waals surface area contributed by atoms with Crippen LogP contribution in [0.2, 0.25) is 0 Å². The van der Waals surface area contributed by atoms with Crippen molar-refractivity contribution >= 4 is 11.6 Å². The Bertz CT molecular complexity index is 1140. The SMILES string of the molecule is Oc1nc2cncc(-c3ccc(F)cc3)n2c1-c1ccnc(NC2CC2)n1. The van der Waals surface area contributed by atoms with Crippen LogP contribution >= 0.6 is 0 Å². The lowest BCUT2D eigenvalue weighted by Crippen LogP contribution is -2.06. The first-order valence-electron chi connectivity index (χ1n) is 8.60. The average Bonchev–Trinajstić information content (AvgIpc) is 3.41. The van der Waals surface area contributed by atoms with Crippen LogP contribution in [0, 0.1) is 5.82 Å². The summed E-state index contributed by atoms with van der Waals surface area (Å²) in [6.07, 6.45) is 7.06. The summed E-state index contributed by atoms with van der Waals surface area (Å²) < 4.78 is 15.1. The Labute approximate surface area is 153 Å². The molecule has 1 aromatic carbocycles. The van der Waals surface area contributed by atoms with Crippen LogP contribution < -0.4 is 5.32 Å². The number of hydrogen-bond acceptors (Lipinski definition) is 6. The third-order valence-electron chi connectivity index (χ3n) is 4.46. The zero-order valence-electron chi connectivity index (χ0n) is 14.2. The Balaban J connectivity index is 1.70. The molecule has 3 heterocycles. The maximum atomic E-state index is 13.3.